The second-order valence-electron chi connectivity index (χ2n) is 4.75. The van der Waals surface area contributed by atoms with Crippen LogP contribution >= 0.6 is 11.6 Å². The molecule has 21 heavy (non-hydrogen) atoms. The van der Waals surface area contributed by atoms with Gasteiger partial charge in [0.25, 0.3) is 0 Å². The van der Waals surface area contributed by atoms with Crippen LogP contribution in [0.2, 0.25) is 5.02 Å². The molecule has 0 fully saturated rings. The minimum Gasteiger partial charge on any atom is -0.339 e. The van der Waals surface area contributed by atoms with Crippen LogP contribution in [0.5, 0.6) is 0 Å². The zero-order valence-electron chi connectivity index (χ0n) is 12.4. The Bertz CT molecular complexity index is 601. The van der Waals surface area contributed by atoms with Gasteiger partial charge in [-0.05, 0) is 43.3 Å². The Hall–Kier alpha value is -1.58. The Kier molecular flexibility index (Phi) is 5.59. The minimum absolute atomic E-state index is 0.228. The molecule has 0 saturated heterocycles. The molecule has 0 unspecified atom stereocenters. The summed E-state index contributed by atoms with van der Waals surface area (Å²) in [7, 11) is 0. The molecule has 0 saturated carbocycles. The van der Waals surface area contributed by atoms with Gasteiger partial charge in [0, 0.05) is 23.8 Å². The molecule has 0 aromatic heterocycles. The molecule has 0 radical (unpaired) electrons. The first-order valence-corrected chi connectivity index (χ1v) is 7.56. The average Bonchev–Trinajstić information content (AvgIpc) is 2.49. The lowest BCUT2D eigenvalue weighted by atomic mass is 10.1. The van der Waals surface area contributed by atoms with Gasteiger partial charge in [0.1, 0.15) is 5.82 Å². The van der Waals surface area contributed by atoms with Crippen LogP contribution in [-0.2, 0) is 6.54 Å². The largest absolute Gasteiger partial charge is 0.339 e. The number of halogens is 2. The van der Waals surface area contributed by atoms with Crippen molar-refractivity contribution in [3.63, 3.8) is 0 Å². The molecule has 0 bridgehead atoms. The van der Waals surface area contributed by atoms with Crippen molar-refractivity contribution < 1.29 is 4.39 Å². The highest BCUT2D eigenvalue weighted by molar-refractivity contribution is 6.30. The summed E-state index contributed by atoms with van der Waals surface area (Å²) in [6.07, 6.45) is 0. The molecule has 2 rings (SSSR count). The number of benzene rings is 2. The van der Waals surface area contributed by atoms with Crippen LogP contribution < -0.4 is 10.2 Å². The Morgan fingerprint density at radius 1 is 1.10 bits per heavy atom. The maximum Gasteiger partial charge on any atom is 0.146 e. The van der Waals surface area contributed by atoms with Crippen LogP contribution in [0, 0.1) is 5.82 Å². The van der Waals surface area contributed by atoms with Crippen LogP contribution in [0.25, 0.3) is 0 Å². The second-order valence-corrected chi connectivity index (χ2v) is 5.19. The van der Waals surface area contributed by atoms with Gasteiger partial charge >= 0.3 is 0 Å². The van der Waals surface area contributed by atoms with E-state index in [9.17, 15) is 4.39 Å². The van der Waals surface area contributed by atoms with Gasteiger partial charge in [-0.1, -0.05) is 36.7 Å². The van der Waals surface area contributed by atoms with Gasteiger partial charge in [-0.3, -0.25) is 0 Å². The van der Waals surface area contributed by atoms with Crippen LogP contribution in [0.4, 0.5) is 15.8 Å². The van der Waals surface area contributed by atoms with E-state index in [2.05, 4.69) is 12.2 Å². The molecular weight excluding hydrogens is 287 g/mol. The Labute approximate surface area is 130 Å². The van der Waals surface area contributed by atoms with Crippen molar-refractivity contribution in [3.8, 4) is 0 Å². The van der Waals surface area contributed by atoms with E-state index in [-0.39, 0.29) is 5.82 Å². The summed E-state index contributed by atoms with van der Waals surface area (Å²) in [6, 6.07) is 12.6. The Balaban J connectivity index is 2.46. The number of hydrogen-bond acceptors (Lipinski definition) is 2. The molecule has 1 N–H and O–H groups in total. The quantitative estimate of drug-likeness (QED) is 0.828. The number of rotatable bonds is 6. The van der Waals surface area contributed by atoms with Crippen molar-refractivity contribution >= 4 is 23.0 Å². The lowest BCUT2D eigenvalue weighted by molar-refractivity contribution is 0.625. The van der Waals surface area contributed by atoms with Crippen molar-refractivity contribution in [2.45, 2.75) is 20.4 Å². The van der Waals surface area contributed by atoms with Gasteiger partial charge in [0.05, 0.1) is 5.69 Å². The van der Waals surface area contributed by atoms with Crippen molar-refractivity contribution in [1.82, 2.24) is 5.32 Å². The van der Waals surface area contributed by atoms with E-state index in [0.717, 1.165) is 24.3 Å². The first-order chi connectivity index (χ1) is 10.2. The van der Waals surface area contributed by atoms with Gasteiger partial charge in [-0.2, -0.15) is 0 Å². The smallest absolute Gasteiger partial charge is 0.146 e. The summed E-state index contributed by atoms with van der Waals surface area (Å²) >= 11 is 6.14. The predicted molar refractivity (Wildman–Crippen MR) is 87.9 cm³/mol. The zero-order valence-corrected chi connectivity index (χ0v) is 13.1. The monoisotopic (exact) mass is 306 g/mol. The van der Waals surface area contributed by atoms with Crippen LogP contribution in [0.3, 0.4) is 0 Å². The lowest BCUT2D eigenvalue weighted by Crippen LogP contribution is -2.21. The molecule has 2 aromatic rings. The highest BCUT2D eigenvalue weighted by atomic mass is 35.5. The Morgan fingerprint density at radius 3 is 2.52 bits per heavy atom. The molecule has 0 spiro atoms. The maximum absolute atomic E-state index is 14.1. The van der Waals surface area contributed by atoms with E-state index in [1.807, 2.05) is 36.1 Å². The summed E-state index contributed by atoms with van der Waals surface area (Å²) in [5.74, 6) is -0.228. The normalized spacial score (nSPS) is 10.7. The van der Waals surface area contributed by atoms with Crippen molar-refractivity contribution in [2.75, 3.05) is 18.0 Å². The summed E-state index contributed by atoms with van der Waals surface area (Å²) in [5.41, 5.74) is 2.61. The van der Waals surface area contributed by atoms with Gasteiger partial charge in [-0.25, -0.2) is 4.39 Å². The van der Waals surface area contributed by atoms with Gasteiger partial charge in [-0.15, -0.1) is 0 Å². The van der Waals surface area contributed by atoms with E-state index in [1.165, 1.54) is 6.07 Å². The first kappa shape index (κ1) is 15.8. The molecule has 2 aromatic carbocycles. The fraction of sp³-hybridized carbons (Fsp3) is 0.294. The number of nitrogens with one attached hydrogen (secondary N) is 1. The Morgan fingerprint density at radius 2 is 1.86 bits per heavy atom. The third kappa shape index (κ3) is 3.74. The molecule has 0 aliphatic heterocycles. The molecule has 0 heterocycles. The molecule has 2 nitrogen and oxygen atoms in total. The molecule has 0 atom stereocenters. The minimum atomic E-state index is -0.228. The molecule has 0 aliphatic rings. The van der Waals surface area contributed by atoms with E-state index < -0.39 is 0 Å². The van der Waals surface area contributed by atoms with Gasteiger partial charge in [0.2, 0.25) is 0 Å². The third-order valence-corrected chi connectivity index (χ3v) is 3.60. The van der Waals surface area contributed by atoms with Gasteiger partial charge in [0.15, 0.2) is 0 Å². The zero-order chi connectivity index (χ0) is 15.2. The molecule has 112 valence electrons. The molecule has 4 heteroatoms. The average molecular weight is 307 g/mol. The first-order valence-electron chi connectivity index (χ1n) is 7.18. The SMILES string of the molecule is CCNCc1ccc(Cl)cc1N(CC)c1ccccc1F. The van der Waals surface area contributed by atoms with Crippen LogP contribution in [0.15, 0.2) is 42.5 Å². The number of hydrogen-bond donors (Lipinski definition) is 1. The standard InChI is InChI=1S/C17H20ClFN2/c1-3-20-12-13-9-10-14(18)11-17(13)21(4-2)16-8-6-5-7-15(16)19/h5-11,20H,3-4,12H2,1-2H3. The molecular formula is C17H20ClFN2. The summed E-state index contributed by atoms with van der Waals surface area (Å²) in [4.78, 5) is 1.95. The van der Waals surface area contributed by atoms with Crippen molar-refractivity contribution in [3.05, 3.63) is 58.9 Å². The predicted octanol–water partition coefficient (Wildman–Crippen LogP) is 4.75. The van der Waals surface area contributed by atoms with E-state index in [1.54, 1.807) is 12.1 Å². The fourth-order valence-electron chi connectivity index (χ4n) is 2.34. The summed E-state index contributed by atoms with van der Waals surface area (Å²) in [5, 5.41) is 3.96. The number of para-hydroxylation sites is 1. The van der Waals surface area contributed by atoms with E-state index in [4.69, 9.17) is 11.6 Å². The maximum atomic E-state index is 14.1. The summed E-state index contributed by atoms with van der Waals surface area (Å²) in [6.45, 7) is 6.34. The third-order valence-electron chi connectivity index (χ3n) is 3.36. The summed E-state index contributed by atoms with van der Waals surface area (Å²) < 4.78 is 14.1. The molecule has 0 amide bonds. The van der Waals surface area contributed by atoms with Crippen molar-refractivity contribution in [1.29, 1.82) is 0 Å². The second kappa shape index (κ2) is 7.43. The van der Waals surface area contributed by atoms with Crippen molar-refractivity contribution in [2.24, 2.45) is 0 Å². The highest BCUT2D eigenvalue weighted by Gasteiger charge is 2.15. The molecule has 0 aliphatic carbocycles. The number of anilines is 2. The number of nitrogens with zero attached hydrogens (tertiary/aromatic N) is 1. The van der Waals surface area contributed by atoms with Crippen LogP contribution in [-0.4, -0.2) is 13.1 Å². The highest BCUT2D eigenvalue weighted by Crippen LogP contribution is 2.32. The topological polar surface area (TPSA) is 15.3 Å². The lowest BCUT2D eigenvalue weighted by Gasteiger charge is -2.26. The van der Waals surface area contributed by atoms with Crippen LogP contribution in [0.1, 0.15) is 19.4 Å². The van der Waals surface area contributed by atoms with E-state index >= 15 is 0 Å². The van der Waals surface area contributed by atoms with E-state index in [0.29, 0.717) is 17.3 Å². The fourth-order valence-corrected chi connectivity index (χ4v) is 2.50. The van der Waals surface area contributed by atoms with Gasteiger partial charge < -0.3 is 10.2 Å².